The maximum atomic E-state index is 16.0. The van der Waals surface area contributed by atoms with Gasteiger partial charge in [0.1, 0.15) is 35.3 Å². The molecule has 0 spiro atoms. The Morgan fingerprint density at radius 2 is 1.92 bits per heavy atom. The highest BCUT2D eigenvalue weighted by atomic mass is 35.5. The molecule has 4 nitrogen and oxygen atoms in total. The van der Waals surface area contributed by atoms with Crippen LogP contribution in [0.4, 0.5) is 13.2 Å². The topological polar surface area (TPSA) is 72.6 Å². The lowest BCUT2D eigenvalue weighted by molar-refractivity contribution is 0.0793. The Kier molecular flexibility index (Phi) is 6.57. The second-order valence-electron chi connectivity index (χ2n) is 9.42. The summed E-state index contributed by atoms with van der Waals surface area (Å²) in [6.07, 6.45) is -0.858. The first-order valence-corrected chi connectivity index (χ1v) is 12.3. The van der Waals surface area contributed by atoms with E-state index in [2.05, 4.69) is 0 Å². The van der Waals surface area contributed by atoms with Crippen LogP contribution >= 0.6 is 11.6 Å². The SMILES string of the molecule is NCCCCC1(c2ccccc2)Cc2c(cc(F)c(Cl)c2-c2c(C=O)cc3c(c2F)C(O)C(F)C3)O1. The lowest BCUT2D eigenvalue weighted by atomic mass is 9.82. The normalized spacial score (nSPS) is 22.3. The number of carbonyl (C=O) groups is 1. The number of hydrogen-bond donors (Lipinski definition) is 2. The zero-order valence-corrected chi connectivity index (χ0v) is 20.1. The summed E-state index contributed by atoms with van der Waals surface area (Å²) in [6, 6.07) is 12.0. The van der Waals surface area contributed by atoms with Crippen molar-refractivity contribution in [3.8, 4) is 16.9 Å². The molecule has 1 aliphatic heterocycles. The zero-order chi connectivity index (χ0) is 25.6. The predicted octanol–water partition coefficient (Wildman–Crippen LogP) is 5.98. The molecular formula is C28H25ClF3NO3. The number of nitrogens with two attached hydrogens (primary N) is 1. The molecule has 0 fully saturated rings. The van der Waals surface area contributed by atoms with Gasteiger partial charge in [-0.1, -0.05) is 41.9 Å². The summed E-state index contributed by atoms with van der Waals surface area (Å²) in [5.41, 5.74) is 5.76. The Hall–Kier alpha value is -2.87. The fourth-order valence-electron chi connectivity index (χ4n) is 5.52. The van der Waals surface area contributed by atoms with Gasteiger partial charge in [0.25, 0.3) is 0 Å². The van der Waals surface area contributed by atoms with Gasteiger partial charge in [-0.05, 0) is 43.0 Å². The van der Waals surface area contributed by atoms with Crippen LogP contribution in [0.3, 0.4) is 0 Å². The highest BCUT2D eigenvalue weighted by molar-refractivity contribution is 6.34. The average Bonchev–Trinajstić information content (AvgIpc) is 3.38. The van der Waals surface area contributed by atoms with Crippen molar-refractivity contribution in [2.75, 3.05) is 6.54 Å². The molecule has 3 N–H and O–H groups in total. The number of unbranched alkanes of at least 4 members (excludes halogenated alkanes) is 1. The third kappa shape index (κ3) is 3.90. The smallest absolute Gasteiger partial charge is 0.150 e. The molecule has 8 heteroatoms. The van der Waals surface area contributed by atoms with E-state index in [4.69, 9.17) is 22.1 Å². The number of alkyl halides is 1. The molecule has 36 heavy (non-hydrogen) atoms. The van der Waals surface area contributed by atoms with E-state index in [1.165, 1.54) is 12.1 Å². The number of fused-ring (bicyclic) bond motifs is 2. The number of aliphatic hydroxyl groups is 1. The van der Waals surface area contributed by atoms with Crippen molar-refractivity contribution in [2.24, 2.45) is 5.73 Å². The molecule has 3 atom stereocenters. The van der Waals surface area contributed by atoms with Crippen molar-refractivity contribution in [3.63, 3.8) is 0 Å². The molecule has 0 saturated carbocycles. The van der Waals surface area contributed by atoms with Crippen LogP contribution in [0.25, 0.3) is 11.1 Å². The first-order valence-electron chi connectivity index (χ1n) is 11.9. The summed E-state index contributed by atoms with van der Waals surface area (Å²) >= 11 is 6.43. The van der Waals surface area contributed by atoms with Gasteiger partial charge < -0.3 is 15.6 Å². The minimum Gasteiger partial charge on any atom is -0.482 e. The summed E-state index contributed by atoms with van der Waals surface area (Å²) in [5.74, 6) is -1.61. The molecule has 2 aliphatic rings. The van der Waals surface area contributed by atoms with Gasteiger partial charge in [0.15, 0.2) is 6.29 Å². The second-order valence-corrected chi connectivity index (χ2v) is 9.80. The monoisotopic (exact) mass is 515 g/mol. The van der Waals surface area contributed by atoms with E-state index in [9.17, 15) is 14.3 Å². The fourth-order valence-corrected chi connectivity index (χ4v) is 5.78. The zero-order valence-electron chi connectivity index (χ0n) is 19.4. The molecule has 3 aromatic carbocycles. The molecule has 0 saturated heterocycles. The Labute approximate surface area is 211 Å². The standard InChI is InChI=1S/C28H25ClF3NO3/c29-25-19(30)12-21-18(13-28(36-21,8-4-5-9-33)17-6-2-1-3-7-17)24(25)22-16(14-34)10-15-11-20(31)27(35)23(15)26(22)32/h1-3,6-7,10,12,14,20,27,35H,4-5,8-9,11,13,33H2. The van der Waals surface area contributed by atoms with Gasteiger partial charge in [-0.3, -0.25) is 4.79 Å². The molecular weight excluding hydrogens is 491 g/mol. The van der Waals surface area contributed by atoms with E-state index in [1.807, 2.05) is 30.3 Å². The molecule has 0 aromatic heterocycles. The quantitative estimate of drug-likeness (QED) is 0.300. The first kappa shape index (κ1) is 24.8. The first-order chi connectivity index (χ1) is 17.3. The van der Waals surface area contributed by atoms with Gasteiger partial charge in [0.2, 0.25) is 0 Å². The Bertz CT molecular complexity index is 1330. The summed E-state index contributed by atoms with van der Waals surface area (Å²) < 4.78 is 51.7. The number of rotatable bonds is 7. The van der Waals surface area contributed by atoms with Gasteiger partial charge >= 0.3 is 0 Å². The molecule has 5 rings (SSSR count). The van der Waals surface area contributed by atoms with Crippen molar-refractivity contribution in [1.29, 1.82) is 0 Å². The molecule has 0 radical (unpaired) electrons. The number of aliphatic hydroxyl groups excluding tert-OH is 1. The molecule has 1 aliphatic carbocycles. The Balaban J connectivity index is 1.72. The highest BCUT2D eigenvalue weighted by Crippen LogP contribution is 2.52. The Morgan fingerprint density at radius 3 is 2.61 bits per heavy atom. The van der Waals surface area contributed by atoms with Crippen molar-refractivity contribution in [1.82, 2.24) is 0 Å². The van der Waals surface area contributed by atoms with Crippen LogP contribution in [-0.2, 0) is 18.4 Å². The largest absolute Gasteiger partial charge is 0.482 e. The minimum absolute atomic E-state index is 0.0137. The van der Waals surface area contributed by atoms with Gasteiger partial charge in [0, 0.05) is 46.7 Å². The Morgan fingerprint density at radius 1 is 1.17 bits per heavy atom. The molecule has 1 heterocycles. The van der Waals surface area contributed by atoms with Gasteiger partial charge in [0.05, 0.1) is 5.02 Å². The van der Waals surface area contributed by atoms with Crippen LogP contribution in [0.15, 0.2) is 42.5 Å². The second kappa shape index (κ2) is 9.54. The van der Waals surface area contributed by atoms with Crippen molar-refractivity contribution in [3.05, 3.63) is 86.9 Å². The van der Waals surface area contributed by atoms with E-state index in [1.54, 1.807) is 0 Å². The maximum Gasteiger partial charge on any atom is 0.150 e. The molecule has 188 valence electrons. The lowest BCUT2D eigenvalue weighted by Crippen LogP contribution is -2.31. The number of halogens is 4. The lowest BCUT2D eigenvalue weighted by Gasteiger charge is -2.29. The van der Waals surface area contributed by atoms with Crippen LogP contribution in [0.1, 0.15) is 58.0 Å². The summed E-state index contributed by atoms with van der Waals surface area (Å²) in [5, 5.41) is 9.92. The van der Waals surface area contributed by atoms with Crippen LogP contribution in [0.2, 0.25) is 5.02 Å². The third-order valence-electron chi connectivity index (χ3n) is 7.24. The van der Waals surface area contributed by atoms with E-state index in [0.29, 0.717) is 24.8 Å². The van der Waals surface area contributed by atoms with Crippen LogP contribution < -0.4 is 10.5 Å². The number of carbonyl (C=O) groups excluding carboxylic acids is 1. The predicted molar refractivity (Wildman–Crippen MR) is 131 cm³/mol. The fraction of sp³-hybridized carbons (Fsp3) is 0.321. The molecule has 0 bridgehead atoms. The summed E-state index contributed by atoms with van der Waals surface area (Å²) in [7, 11) is 0. The van der Waals surface area contributed by atoms with E-state index >= 15 is 8.78 Å². The average molecular weight is 516 g/mol. The molecule has 3 unspecified atom stereocenters. The van der Waals surface area contributed by atoms with Crippen LogP contribution in [0, 0.1) is 11.6 Å². The van der Waals surface area contributed by atoms with Crippen LogP contribution in [-0.4, -0.2) is 24.1 Å². The molecule has 3 aromatic rings. The summed E-state index contributed by atoms with van der Waals surface area (Å²) in [4.78, 5) is 12.0. The molecule has 0 amide bonds. The van der Waals surface area contributed by atoms with E-state index in [-0.39, 0.29) is 51.4 Å². The number of ether oxygens (including phenoxy) is 1. The van der Waals surface area contributed by atoms with E-state index in [0.717, 1.165) is 18.4 Å². The van der Waals surface area contributed by atoms with Crippen molar-refractivity contribution in [2.45, 2.75) is 50.0 Å². The van der Waals surface area contributed by atoms with Gasteiger partial charge in [-0.15, -0.1) is 0 Å². The number of benzene rings is 3. The highest BCUT2D eigenvalue weighted by Gasteiger charge is 2.44. The third-order valence-corrected chi connectivity index (χ3v) is 7.61. The van der Waals surface area contributed by atoms with Crippen molar-refractivity contribution >= 4 is 17.9 Å². The van der Waals surface area contributed by atoms with Crippen molar-refractivity contribution < 1.29 is 27.8 Å². The number of hydrogen-bond acceptors (Lipinski definition) is 4. The maximum absolute atomic E-state index is 16.0. The number of aldehydes is 1. The van der Waals surface area contributed by atoms with Gasteiger partial charge in [-0.2, -0.15) is 0 Å². The minimum atomic E-state index is -1.70. The summed E-state index contributed by atoms with van der Waals surface area (Å²) in [6.45, 7) is 0.504. The van der Waals surface area contributed by atoms with E-state index < -0.39 is 29.5 Å². The van der Waals surface area contributed by atoms with Gasteiger partial charge in [-0.25, -0.2) is 13.2 Å². The van der Waals surface area contributed by atoms with Crippen LogP contribution in [0.5, 0.6) is 5.75 Å².